The zero-order chi connectivity index (χ0) is 8.97. The number of nitrogens with zero attached hydrogens (tertiary/aromatic N) is 1. The molecule has 1 unspecified atom stereocenters. The van der Waals surface area contributed by atoms with E-state index < -0.39 is 0 Å². The van der Waals surface area contributed by atoms with Crippen molar-refractivity contribution in [2.45, 2.75) is 13.0 Å². The van der Waals surface area contributed by atoms with E-state index in [1.165, 1.54) is 6.92 Å². The molecule has 1 fully saturated rings. The minimum absolute atomic E-state index is 0.0222. The summed E-state index contributed by atoms with van der Waals surface area (Å²) >= 11 is 0. The van der Waals surface area contributed by atoms with Crippen molar-refractivity contribution in [3.05, 3.63) is 0 Å². The Morgan fingerprint density at radius 2 is 2.50 bits per heavy atom. The van der Waals surface area contributed by atoms with E-state index in [2.05, 4.69) is 17.3 Å². The lowest BCUT2D eigenvalue weighted by Gasteiger charge is -2.32. The molecule has 0 aromatic rings. The number of amides is 1. The Kier molecular flexibility index (Phi) is 3.49. The molecule has 4 nitrogen and oxygen atoms in total. The Bertz CT molecular complexity index is 161. The van der Waals surface area contributed by atoms with Gasteiger partial charge in [0, 0.05) is 20.0 Å². The monoisotopic (exact) mass is 172 g/mol. The molecule has 1 N–H and O–H groups in total. The predicted molar refractivity (Wildman–Crippen MR) is 45.9 cm³/mol. The summed E-state index contributed by atoms with van der Waals surface area (Å²) in [5, 5.41) is 2.79. The molecular weight excluding hydrogens is 156 g/mol. The molecule has 1 amide bonds. The quantitative estimate of drug-likeness (QED) is 0.608. The Balaban J connectivity index is 2.24. The molecule has 1 aliphatic rings. The largest absolute Gasteiger partial charge is 0.378 e. The Labute approximate surface area is 72.9 Å². The number of rotatable bonds is 2. The third-order valence-electron chi connectivity index (χ3n) is 2.11. The van der Waals surface area contributed by atoms with Crippen LogP contribution < -0.4 is 5.32 Å². The van der Waals surface area contributed by atoms with Crippen LogP contribution in [0.5, 0.6) is 0 Å². The summed E-state index contributed by atoms with van der Waals surface area (Å²) in [6, 6.07) is 0.336. The van der Waals surface area contributed by atoms with Crippen LogP contribution in [0.25, 0.3) is 0 Å². The first kappa shape index (κ1) is 9.48. The van der Waals surface area contributed by atoms with Gasteiger partial charge >= 0.3 is 0 Å². The van der Waals surface area contributed by atoms with Gasteiger partial charge in [0.2, 0.25) is 5.91 Å². The van der Waals surface area contributed by atoms with Gasteiger partial charge in [0.25, 0.3) is 0 Å². The number of carbonyl (C=O) groups excluding carboxylic acids is 1. The van der Waals surface area contributed by atoms with E-state index in [0.717, 1.165) is 19.8 Å². The van der Waals surface area contributed by atoms with Crippen molar-refractivity contribution in [3.8, 4) is 0 Å². The highest BCUT2D eigenvalue weighted by Gasteiger charge is 2.18. The fourth-order valence-corrected chi connectivity index (χ4v) is 1.21. The van der Waals surface area contributed by atoms with Crippen LogP contribution in [-0.2, 0) is 9.53 Å². The van der Waals surface area contributed by atoms with Crippen molar-refractivity contribution >= 4 is 5.91 Å². The van der Waals surface area contributed by atoms with Crippen molar-refractivity contribution in [1.82, 2.24) is 10.2 Å². The first-order valence-corrected chi connectivity index (χ1v) is 4.22. The summed E-state index contributed by atoms with van der Waals surface area (Å²) in [6.07, 6.45) is 0. The second kappa shape index (κ2) is 4.42. The smallest absolute Gasteiger partial charge is 0.216 e. The number of carbonyl (C=O) groups is 1. The Morgan fingerprint density at radius 1 is 1.75 bits per heavy atom. The van der Waals surface area contributed by atoms with Crippen molar-refractivity contribution in [3.63, 3.8) is 0 Å². The van der Waals surface area contributed by atoms with E-state index in [-0.39, 0.29) is 5.91 Å². The summed E-state index contributed by atoms with van der Waals surface area (Å²) in [6.45, 7) is 4.68. The molecule has 0 aliphatic carbocycles. The molecule has 0 bridgehead atoms. The first-order chi connectivity index (χ1) is 5.70. The molecule has 12 heavy (non-hydrogen) atoms. The maximum Gasteiger partial charge on any atom is 0.216 e. The number of ether oxygens (including phenoxy) is 1. The van der Waals surface area contributed by atoms with Gasteiger partial charge in [0.05, 0.1) is 19.3 Å². The molecule has 0 aromatic carbocycles. The van der Waals surface area contributed by atoms with E-state index in [0.29, 0.717) is 12.6 Å². The van der Waals surface area contributed by atoms with Crippen LogP contribution in [0.2, 0.25) is 0 Å². The molecule has 1 saturated heterocycles. The van der Waals surface area contributed by atoms with Gasteiger partial charge in [0.1, 0.15) is 0 Å². The fourth-order valence-electron chi connectivity index (χ4n) is 1.21. The van der Waals surface area contributed by atoms with E-state index in [9.17, 15) is 4.79 Å². The highest BCUT2D eigenvalue weighted by Crippen LogP contribution is 2.01. The van der Waals surface area contributed by atoms with Gasteiger partial charge in [-0.25, -0.2) is 0 Å². The second-order valence-corrected chi connectivity index (χ2v) is 3.15. The molecule has 0 radical (unpaired) electrons. The van der Waals surface area contributed by atoms with E-state index in [1.807, 2.05) is 0 Å². The molecule has 1 atom stereocenters. The number of nitrogens with one attached hydrogen (secondary N) is 1. The van der Waals surface area contributed by atoms with Gasteiger partial charge in [-0.05, 0) is 7.05 Å². The lowest BCUT2D eigenvalue weighted by Crippen LogP contribution is -2.48. The SMILES string of the molecule is CC(=O)NCC1COCCN1C. The zero-order valence-corrected chi connectivity index (χ0v) is 7.67. The van der Waals surface area contributed by atoms with E-state index in [1.54, 1.807) is 0 Å². The third kappa shape index (κ3) is 2.79. The normalized spacial score (nSPS) is 25.3. The average Bonchev–Trinajstić information content (AvgIpc) is 2.03. The topological polar surface area (TPSA) is 41.6 Å². The van der Waals surface area contributed by atoms with Crippen LogP contribution in [0.15, 0.2) is 0 Å². The lowest BCUT2D eigenvalue weighted by molar-refractivity contribution is -0.119. The number of likely N-dealkylation sites (N-methyl/N-ethyl adjacent to an activating group) is 1. The predicted octanol–water partition coefficient (Wildman–Crippen LogP) is -0.547. The van der Waals surface area contributed by atoms with Crippen LogP contribution >= 0.6 is 0 Å². The molecule has 1 aliphatic heterocycles. The molecule has 70 valence electrons. The zero-order valence-electron chi connectivity index (χ0n) is 7.67. The van der Waals surface area contributed by atoms with E-state index in [4.69, 9.17) is 4.74 Å². The third-order valence-corrected chi connectivity index (χ3v) is 2.11. The van der Waals surface area contributed by atoms with Crippen molar-refractivity contribution in [1.29, 1.82) is 0 Å². The van der Waals surface area contributed by atoms with Gasteiger partial charge in [-0.3, -0.25) is 9.69 Å². The fraction of sp³-hybridized carbons (Fsp3) is 0.875. The summed E-state index contributed by atoms with van der Waals surface area (Å²) in [7, 11) is 2.05. The van der Waals surface area contributed by atoms with Crippen LogP contribution in [-0.4, -0.2) is 50.2 Å². The molecule has 1 rings (SSSR count). The highest BCUT2D eigenvalue weighted by atomic mass is 16.5. The summed E-state index contributed by atoms with van der Waals surface area (Å²) in [4.78, 5) is 12.8. The van der Waals surface area contributed by atoms with Crippen molar-refractivity contribution in [2.75, 3.05) is 33.4 Å². The Morgan fingerprint density at radius 3 is 3.08 bits per heavy atom. The molecule has 0 aromatic heterocycles. The highest BCUT2D eigenvalue weighted by molar-refractivity contribution is 5.72. The van der Waals surface area contributed by atoms with Crippen LogP contribution in [0.1, 0.15) is 6.92 Å². The van der Waals surface area contributed by atoms with Gasteiger partial charge in [-0.2, -0.15) is 0 Å². The minimum atomic E-state index is 0.0222. The maximum atomic E-state index is 10.6. The maximum absolute atomic E-state index is 10.6. The van der Waals surface area contributed by atoms with Crippen LogP contribution in [0.3, 0.4) is 0 Å². The number of hydrogen-bond donors (Lipinski definition) is 1. The standard InChI is InChI=1S/C8H16N2O2/c1-7(11)9-5-8-6-12-4-3-10(8)2/h8H,3-6H2,1-2H3,(H,9,11). The van der Waals surface area contributed by atoms with Gasteiger partial charge in [0.15, 0.2) is 0 Å². The second-order valence-electron chi connectivity index (χ2n) is 3.15. The van der Waals surface area contributed by atoms with E-state index >= 15 is 0 Å². The molecule has 4 heteroatoms. The lowest BCUT2D eigenvalue weighted by atomic mass is 10.2. The van der Waals surface area contributed by atoms with Crippen LogP contribution in [0, 0.1) is 0 Å². The Hall–Kier alpha value is -0.610. The molecule has 0 spiro atoms. The van der Waals surface area contributed by atoms with Crippen molar-refractivity contribution in [2.24, 2.45) is 0 Å². The van der Waals surface area contributed by atoms with Gasteiger partial charge in [-0.15, -0.1) is 0 Å². The molecular formula is C8H16N2O2. The summed E-state index contributed by atoms with van der Waals surface area (Å²) in [5.41, 5.74) is 0. The van der Waals surface area contributed by atoms with Crippen molar-refractivity contribution < 1.29 is 9.53 Å². The van der Waals surface area contributed by atoms with Crippen LogP contribution in [0.4, 0.5) is 0 Å². The minimum Gasteiger partial charge on any atom is -0.378 e. The summed E-state index contributed by atoms with van der Waals surface area (Å²) in [5.74, 6) is 0.0222. The van der Waals surface area contributed by atoms with Gasteiger partial charge in [-0.1, -0.05) is 0 Å². The molecule has 1 heterocycles. The first-order valence-electron chi connectivity index (χ1n) is 4.22. The number of morpholine rings is 1. The molecule has 0 saturated carbocycles. The summed E-state index contributed by atoms with van der Waals surface area (Å²) < 4.78 is 5.29. The van der Waals surface area contributed by atoms with Gasteiger partial charge < -0.3 is 10.1 Å². The average molecular weight is 172 g/mol. The number of hydrogen-bond acceptors (Lipinski definition) is 3.